The molecule has 1 fully saturated rings. The van der Waals surface area contributed by atoms with Crippen molar-refractivity contribution in [2.75, 3.05) is 0 Å². The summed E-state index contributed by atoms with van der Waals surface area (Å²) >= 11 is 0. The first-order valence-corrected chi connectivity index (χ1v) is 6.99. The van der Waals surface area contributed by atoms with Crippen molar-refractivity contribution in [3.8, 4) is 0 Å². The summed E-state index contributed by atoms with van der Waals surface area (Å²) in [5, 5.41) is 10.3. The molecule has 1 unspecified atom stereocenters. The SMILES string of the molecule is CCCC1CCC(C(O)c2cncc(F)c2)CC1. The van der Waals surface area contributed by atoms with Gasteiger partial charge in [0.1, 0.15) is 5.82 Å². The van der Waals surface area contributed by atoms with E-state index in [-0.39, 0.29) is 11.7 Å². The van der Waals surface area contributed by atoms with Gasteiger partial charge in [0.2, 0.25) is 0 Å². The minimum Gasteiger partial charge on any atom is -0.388 e. The van der Waals surface area contributed by atoms with Crippen LogP contribution in [0.25, 0.3) is 0 Å². The molecule has 18 heavy (non-hydrogen) atoms. The summed E-state index contributed by atoms with van der Waals surface area (Å²) in [5.74, 6) is 0.719. The van der Waals surface area contributed by atoms with Crippen molar-refractivity contribution in [2.24, 2.45) is 11.8 Å². The number of hydrogen-bond acceptors (Lipinski definition) is 2. The standard InChI is InChI=1S/C15H22FNO/c1-2-3-11-4-6-12(7-5-11)15(18)13-8-14(16)10-17-9-13/h8-12,15,18H,2-7H2,1H3. The highest BCUT2D eigenvalue weighted by atomic mass is 19.1. The molecule has 2 rings (SSSR count). The number of rotatable bonds is 4. The van der Waals surface area contributed by atoms with Crippen molar-refractivity contribution < 1.29 is 9.50 Å². The van der Waals surface area contributed by atoms with Crippen LogP contribution in [-0.4, -0.2) is 10.1 Å². The summed E-state index contributed by atoms with van der Waals surface area (Å²) in [6, 6.07) is 1.40. The molecule has 0 amide bonds. The lowest BCUT2D eigenvalue weighted by atomic mass is 9.77. The third-order valence-electron chi connectivity index (χ3n) is 4.10. The maximum atomic E-state index is 13.1. The van der Waals surface area contributed by atoms with Crippen LogP contribution in [-0.2, 0) is 0 Å². The summed E-state index contributed by atoms with van der Waals surface area (Å²) in [4.78, 5) is 3.81. The molecular formula is C15H22FNO. The predicted molar refractivity (Wildman–Crippen MR) is 69.5 cm³/mol. The number of halogens is 1. The molecule has 1 aromatic heterocycles. The molecule has 1 heterocycles. The Morgan fingerprint density at radius 1 is 1.33 bits per heavy atom. The zero-order chi connectivity index (χ0) is 13.0. The highest BCUT2D eigenvalue weighted by molar-refractivity contribution is 5.14. The molecule has 0 radical (unpaired) electrons. The Morgan fingerprint density at radius 2 is 2.06 bits per heavy atom. The second-order valence-electron chi connectivity index (χ2n) is 5.45. The Morgan fingerprint density at radius 3 is 2.67 bits per heavy atom. The molecule has 1 aromatic rings. The van der Waals surface area contributed by atoms with E-state index in [4.69, 9.17) is 0 Å². The molecule has 1 aliphatic rings. The fraction of sp³-hybridized carbons (Fsp3) is 0.667. The lowest BCUT2D eigenvalue weighted by molar-refractivity contribution is 0.0717. The monoisotopic (exact) mass is 251 g/mol. The highest BCUT2D eigenvalue weighted by Gasteiger charge is 2.27. The van der Waals surface area contributed by atoms with Gasteiger partial charge in [-0.3, -0.25) is 4.98 Å². The van der Waals surface area contributed by atoms with Gasteiger partial charge in [0.25, 0.3) is 0 Å². The highest BCUT2D eigenvalue weighted by Crippen LogP contribution is 2.38. The summed E-state index contributed by atoms with van der Waals surface area (Å²) in [6.45, 7) is 2.22. The molecule has 0 aromatic carbocycles. The quantitative estimate of drug-likeness (QED) is 0.881. The van der Waals surface area contributed by atoms with Gasteiger partial charge in [-0.1, -0.05) is 32.6 Å². The number of pyridine rings is 1. The molecular weight excluding hydrogens is 229 g/mol. The largest absolute Gasteiger partial charge is 0.388 e. The van der Waals surface area contributed by atoms with E-state index in [2.05, 4.69) is 11.9 Å². The van der Waals surface area contributed by atoms with E-state index in [9.17, 15) is 9.50 Å². The lowest BCUT2D eigenvalue weighted by Gasteiger charge is -2.31. The van der Waals surface area contributed by atoms with Crippen LogP contribution in [0, 0.1) is 17.7 Å². The normalized spacial score (nSPS) is 25.9. The van der Waals surface area contributed by atoms with Gasteiger partial charge in [0.05, 0.1) is 12.3 Å². The second kappa shape index (κ2) is 6.28. The van der Waals surface area contributed by atoms with Crippen molar-refractivity contribution in [1.82, 2.24) is 4.98 Å². The summed E-state index contributed by atoms with van der Waals surface area (Å²) in [6.07, 6.45) is 9.20. The van der Waals surface area contributed by atoms with Gasteiger partial charge in [-0.2, -0.15) is 0 Å². The van der Waals surface area contributed by atoms with E-state index >= 15 is 0 Å². The number of aromatic nitrogens is 1. The average Bonchev–Trinajstić information content (AvgIpc) is 2.39. The molecule has 0 saturated heterocycles. The average molecular weight is 251 g/mol. The van der Waals surface area contributed by atoms with Gasteiger partial charge in [-0.25, -0.2) is 4.39 Å². The molecule has 100 valence electrons. The number of nitrogens with zero attached hydrogens (tertiary/aromatic N) is 1. The van der Waals surface area contributed by atoms with Gasteiger partial charge >= 0.3 is 0 Å². The number of hydrogen-bond donors (Lipinski definition) is 1. The van der Waals surface area contributed by atoms with Crippen LogP contribution < -0.4 is 0 Å². The van der Waals surface area contributed by atoms with E-state index in [1.807, 2.05) is 0 Å². The van der Waals surface area contributed by atoms with Crippen LogP contribution in [0.4, 0.5) is 4.39 Å². The molecule has 1 N–H and O–H groups in total. The molecule has 1 aliphatic carbocycles. The second-order valence-corrected chi connectivity index (χ2v) is 5.45. The van der Waals surface area contributed by atoms with Crippen molar-refractivity contribution >= 4 is 0 Å². The van der Waals surface area contributed by atoms with E-state index in [0.29, 0.717) is 5.56 Å². The first-order valence-electron chi connectivity index (χ1n) is 6.99. The van der Waals surface area contributed by atoms with Crippen LogP contribution in [0.15, 0.2) is 18.5 Å². The fourth-order valence-corrected chi connectivity index (χ4v) is 3.06. The van der Waals surface area contributed by atoms with Crippen molar-refractivity contribution in [3.05, 3.63) is 29.8 Å². The first-order chi connectivity index (χ1) is 8.70. The van der Waals surface area contributed by atoms with Crippen LogP contribution in [0.3, 0.4) is 0 Å². The van der Waals surface area contributed by atoms with E-state index in [0.717, 1.165) is 18.8 Å². The summed E-state index contributed by atoms with van der Waals surface area (Å²) in [7, 11) is 0. The Kier molecular flexibility index (Phi) is 4.70. The molecule has 0 bridgehead atoms. The smallest absolute Gasteiger partial charge is 0.141 e. The van der Waals surface area contributed by atoms with Gasteiger partial charge in [-0.05, 0) is 30.7 Å². The Hall–Kier alpha value is -0.960. The zero-order valence-corrected chi connectivity index (χ0v) is 11.0. The minimum absolute atomic E-state index is 0.265. The maximum Gasteiger partial charge on any atom is 0.141 e. The third-order valence-corrected chi connectivity index (χ3v) is 4.10. The molecule has 2 nitrogen and oxygen atoms in total. The molecule has 3 heteroatoms. The fourth-order valence-electron chi connectivity index (χ4n) is 3.06. The predicted octanol–water partition coefficient (Wildman–Crippen LogP) is 3.86. The van der Waals surface area contributed by atoms with Crippen LogP contribution in [0.1, 0.15) is 57.1 Å². The zero-order valence-electron chi connectivity index (χ0n) is 11.0. The Balaban J connectivity index is 1.93. The van der Waals surface area contributed by atoms with Crippen molar-refractivity contribution in [1.29, 1.82) is 0 Å². The summed E-state index contributed by atoms with van der Waals surface area (Å²) in [5.41, 5.74) is 0.619. The van der Waals surface area contributed by atoms with Crippen LogP contribution in [0.2, 0.25) is 0 Å². The van der Waals surface area contributed by atoms with E-state index in [1.165, 1.54) is 37.9 Å². The molecule has 0 aliphatic heterocycles. The van der Waals surface area contributed by atoms with E-state index < -0.39 is 6.10 Å². The van der Waals surface area contributed by atoms with Crippen molar-refractivity contribution in [3.63, 3.8) is 0 Å². The lowest BCUT2D eigenvalue weighted by Crippen LogP contribution is -2.20. The Labute approximate surface area is 108 Å². The first kappa shape index (κ1) is 13.5. The maximum absolute atomic E-state index is 13.1. The number of aliphatic hydroxyl groups excluding tert-OH is 1. The minimum atomic E-state index is -0.559. The van der Waals surface area contributed by atoms with Gasteiger partial charge in [-0.15, -0.1) is 0 Å². The van der Waals surface area contributed by atoms with Crippen molar-refractivity contribution in [2.45, 2.75) is 51.6 Å². The van der Waals surface area contributed by atoms with Crippen LogP contribution >= 0.6 is 0 Å². The third kappa shape index (κ3) is 3.29. The molecule has 1 saturated carbocycles. The van der Waals surface area contributed by atoms with E-state index in [1.54, 1.807) is 6.20 Å². The Bertz CT molecular complexity index is 375. The van der Waals surface area contributed by atoms with Gasteiger partial charge < -0.3 is 5.11 Å². The van der Waals surface area contributed by atoms with Gasteiger partial charge in [0, 0.05) is 11.8 Å². The van der Waals surface area contributed by atoms with Crippen LogP contribution in [0.5, 0.6) is 0 Å². The molecule has 1 atom stereocenters. The topological polar surface area (TPSA) is 33.1 Å². The molecule has 0 spiro atoms. The van der Waals surface area contributed by atoms with Gasteiger partial charge in [0.15, 0.2) is 0 Å². The number of aliphatic hydroxyl groups is 1. The summed E-state index contributed by atoms with van der Waals surface area (Å²) < 4.78 is 13.1.